The fraction of sp³-hybridized carbons (Fsp3) is 0.385. The molecule has 1 N–H and O–H groups in total. The summed E-state index contributed by atoms with van der Waals surface area (Å²) in [6, 6.07) is 9.05. The van der Waals surface area contributed by atoms with Crippen LogP contribution in [-0.2, 0) is 19.9 Å². The molecule has 0 saturated heterocycles. The van der Waals surface area contributed by atoms with Gasteiger partial charge in [0.1, 0.15) is 0 Å². The van der Waals surface area contributed by atoms with Gasteiger partial charge in [-0.1, -0.05) is 30.3 Å². The maximum Gasteiger partial charge on any atom is 0.336 e. The van der Waals surface area contributed by atoms with Gasteiger partial charge in [-0.15, -0.1) is 0 Å². The number of carbonyl (C=O) groups excluding carboxylic acids is 2. The number of nitrogens with one attached hydrogen (secondary N) is 1. The smallest absolute Gasteiger partial charge is 0.336 e. The number of benzene rings is 1. The fourth-order valence-corrected chi connectivity index (χ4v) is 1.64. The largest absolute Gasteiger partial charge is 0.464 e. The Morgan fingerprint density at radius 2 is 1.88 bits per heavy atom. The van der Waals surface area contributed by atoms with Crippen LogP contribution in [0, 0.1) is 0 Å². The molecule has 4 heteroatoms. The van der Waals surface area contributed by atoms with Crippen molar-refractivity contribution in [2.75, 3.05) is 6.61 Å². The molecule has 4 nitrogen and oxygen atoms in total. The Kier molecular flexibility index (Phi) is 4.26. The molecule has 0 heterocycles. The zero-order valence-electron chi connectivity index (χ0n) is 10.3. The summed E-state index contributed by atoms with van der Waals surface area (Å²) in [5.41, 5.74) is -0.433. The van der Waals surface area contributed by atoms with Gasteiger partial charge in [0.15, 0.2) is 5.54 Å². The molecule has 0 aliphatic carbocycles. The third kappa shape index (κ3) is 3.06. The van der Waals surface area contributed by atoms with E-state index in [1.807, 2.05) is 18.2 Å². The van der Waals surface area contributed by atoms with Crippen molar-refractivity contribution in [3.05, 3.63) is 35.9 Å². The van der Waals surface area contributed by atoms with Gasteiger partial charge in [-0.05, 0) is 19.4 Å². The van der Waals surface area contributed by atoms with Crippen LogP contribution in [0.5, 0.6) is 0 Å². The third-order valence-corrected chi connectivity index (χ3v) is 2.46. The molecular weight excluding hydrogens is 218 g/mol. The monoisotopic (exact) mass is 235 g/mol. The highest BCUT2D eigenvalue weighted by atomic mass is 16.5. The Hall–Kier alpha value is -1.84. The van der Waals surface area contributed by atoms with E-state index in [0.29, 0.717) is 5.56 Å². The van der Waals surface area contributed by atoms with Crippen molar-refractivity contribution in [3.8, 4) is 0 Å². The van der Waals surface area contributed by atoms with E-state index in [1.165, 1.54) is 6.92 Å². The second-order valence-corrected chi connectivity index (χ2v) is 3.89. The SMILES string of the molecule is CCOC(=O)[C@@](C)(NC(C)=O)c1ccccc1. The van der Waals surface area contributed by atoms with Crippen LogP contribution in [0.2, 0.25) is 0 Å². The second kappa shape index (κ2) is 5.48. The van der Waals surface area contributed by atoms with E-state index >= 15 is 0 Å². The lowest BCUT2D eigenvalue weighted by Gasteiger charge is -2.28. The van der Waals surface area contributed by atoms with E-state index in [4.69, 9.17) is 4.74 Å². The van der Waals surface area contributed by atoms with E-state index in [-0.39, 0.29) is 12.5 Å². The molecule has 0 bridgehead atoms. The highest BCUT2D eigenvalue weighted by Crippen LogP contribution is 2.22. The molecule has 1 atom stereocenters. The summed E-state index contributed by atoms with van der Waals surface area (Å²) in [6.07, 6.45) is 0. The summed E-state index contributed by atoms with van der Waals surface area (Å²) < 4.78 is 5.01. The number of hydrogen-bond donors (Lipinski definition) is 1. The van der Waals surface area contributed by atoms with E-state index in [1.54, 1.807) is 26.0 Å². The second-order valence-electron chi connectivity index (χ2n) is 3.89. The van der Waals surface area contributed by atoms with Crippen molar-refractivity contribution in [1.29, 1.82) is 0 Å². The molecule has 0 saturated carbocycles. The number of carbonyl (C=O) groups is 2. The highest BCUT2D eigenvalue weighted by Gasteiger charge is 2.37. The quantitative estimate of drug-likeness (QED) is 0.806. The van der Waals surface area contributed by atoms with Crippen molar-refractivity contribution in [3.63, 3.8) is 0 Å². The predicted octanol–water partition coefficient (Wildman–Crippen LogP) is 1.60. The first-order chi connectivity index (χ1) is 8.00. The van der Waals surface area contributed by atoms with Crippen molar-refractivity contribution in [2.24, 2.45) is 0 Å². The number of ether oxygens (including phenoxy) is 1. The molecule has 0 aliphatic heterocycles. The minimum Gasteiger partial charge on any atom is -0.464 e. The predicted molar refractivity (Wildman–Crippen MR) is 64.2 cm³/mol. The number of amides is 1. The normalized spacial score (nSPS) is 13.6. The lowest BCUT2D eigenvalue weighted by Crippen LogP contribution is -2.49. The molecule has 0 radical (unpaired) electrons. The molecule has 0 spiro atoms. The van der Waals surface area contributed by atoms with Gasteiger partial charge in [-0.3, -0.25) is 4.79 Å². The van der Waals surface area contributed by atoms with E-state index in [9.17, 15) is 9.59 Å². The first-order valence-corrected chi connectivity index (χ1v) is 5.52. The molecular formula is C13H17NO3. The highest BCUT2D eigenvalue weighted by molar-refractivity contribution is 5.88. The van der Waals surface area contributed by atoms with Crippen LogP contribution in [0.3, 0.4) is 0 Å². The zero-order valence-corrected chi connectivity index (χ0v) is 10.3. The van der Waals surface area contributed by atoms with E-state index in [0.717, 1.165) is 0 Å². The average Bonchev–Trinajstić information content (AvgIpc) is 2.29. The minimum atomic E-state index is -1.14. The summed E-state index contributed by atoms with van der Waals surface area (Å²) in [5.74, 6) is -0.731. The van der Waals surface area contributed by atoms with Crippen LogP contribution in [0.25, 0.3) is 0 Å². The van der Waals surface area contributed by atoms with Crippen LogP contribution in [0.1, 0.15) is 26.3 Å². The van der Waals surface area contributed by atoms with Gasteiger partial charge in [0.05, 0.1) is 6.61 Å². The molecule has 1 aromatic rings. The van der Waals surface area contributed by atoms with Gasteiger partial charge < -0.3 is 10.1 Å². The fourth-order valence-electron chi connectivity index (χ4n) is 1.64. The molecule has 1 amide bonds. The van der Waals surface area contributed by atoms with Crippen molar-refractivity contribution < 1.29 is 14.3 Å². The minimum absolute atomic E-state index is 0.274. The van der Waals surface area contributed by atoms with Gasteiger partial charge in [0.2, 0.25) is 5.91 Å². The Balaban J connectivity index is 3.10. The lowest BCUT2D eigenvalue weighted by molar-refractivity contribution is -0.152. The Morgan fingerprint density at radius 1 is 1.29 bits per heavy atom. The van der Waals surface area contributed by atoms with Gasteiger partial charge in [0, 0.05) is 6.92 Å². The maximum absolute atomic E-state index is 12.0. The number of esters is 1. The molecule has 1 rings (SSSR count). The molecule has 0 aliphatic rings. The molecule has 0 unspecified atom stereocenters. The van der Waals surface area contributed by atoms with Gasteiger partial charge in [0.25, 0.3) is 0 Å². The number of hydrogen-bond acceptors (Lipinski definition) is 3. The van der Waals surface area contributed by atoms with Crippen molar-refractivity contribution in [2.45, 2.75) is 26.3 Å². The number of rotatable bonds is 4. The Bertz CT molecular complexity index is 402. The summed E-state index contributed by atoms with van der Waals surface area (Å²) in [7, 11) is 0. The molecule has 0 fully saturated rings. The van der Waals surface area contributed by atoms with Gasteiger partial charge in [-0.2, -0.15) is 0 Å². The molecule has 92 valence electrons. The van der Waals surface area contributed by atoms with Crippen LogP contribution in [0.4, 0.5) is 0 Å². The average molecular weight is 235 g/mol. The van der Waals surface area contributed by atoms with Crippen LogP contribution in [-0.4, -0.2) is 18.5 Å². The first kappa shape index (κ1) is 13.2. The standard InChI is InChI=1S/C13H17NO3/c1-4-17-12(16)13(3,14-10(2)15)11-8-6-5-7-9-11/h5-9H,4H2,1-3H3,(H,14,15)/t13-/m0/s1. The lowest BCUT2D eigenvalue weighted by atomic mass is 9.92. The first-order valence-electron chi connectivity index (χ1n) is 5.52. The summed E-state index contributed by atoms with van der Waals surface area (Å²) in [6.45, 7) is 5.03. The molecule has 17 heavy (non-hydrogen) atoms. The van der Waals surface area contributed by atoms with Gasteiger partial charge in [-0.25, -0.2) is 4.79 Å². The van der Waals surface area contributed by atoms with Crippen LogP contribution < -0.4 is 5.32 Å². The van der Waals surface area contributed by atoms with Crippen molar-refractivity contribution >= 4 is 11.9 Å². The Labute approximate surface area is 101 Å². The molecule has 0 aromatic heterocycles. The topological polar surface area (TPSA) is 55.4 Å². The van der Waals surface area contributed by atoms with Crippen molar-refractivity contribution in [1.82, 2.24) is 5.32 Å². The summed E-state index contributed by atoms with van der Waals surface area (Å²) in [5, 5.41) is 2.64. The summed E-state index contributed by atoms with van der Waals surface area (Å²) in [4.78, 5) is 23.2. The van der Waals surface area contributed by atoms with Crippen LogP contribution >= 0.6 is 0 Å². The van der Waals surface area contributed by atoms with Crippen LogP contribution in [0.15, 0.2) is 30.3 Å². The third-order valence-electron chi connectivity index (χ3n) is 2.46. The van der Waals surface area contributed by atoms with Gasteiger partial charge >= 0.3 is 5.97 Å². The zero-order chi connectivity index (χ0) is 12.9. The molecule has 1 aromatic carbocycles. The maximum atomic E-state index is 12.0. The van der Waals surface area contributed by atoms with E-state index in [2.05, 4.69) is 5.32 Å². The van der Waals surface area contributed by atoms with E-state index < -0.39 is 11.5 Å². The summed E-state index contributed by atoms with van der Waals surface area (Å²) >= 11 is 0. The Morgan fingerprint density at radius 3 is 2.35 bits per heavy atom.